The highest BCUT2D eigenvalue weighted by molar-refractivity contribution is 6.11. The minimum atomic E-state index is -0.528. The second kappa shape index (κ2) is 16.7. The molecule has 324 valence electrons. The predicted molar refractivity (Wildman–Crippen MR) is 287 cm³/mol. The first-order chi connectivity index (χ1) is 34.3. The Morgan fingerprint density at radius 1 is 0.304 bits per heavy atom. The summed E-state index contributed by atoms with van der Waals surface area (Å²) in [6.45, 7) is 0. The van der Waals surface area contributed by atoms with Crippen LogP contribution in [0.2, 0.25) is 0 Å². The van der Waals surface area contributed by atoms with Gasteiger partial charge in [-0.3, -0.25) is 0 Å². The van der Waals surface area contributed by atoms with E-state index in [2.05, 4.69) is 272 Å². The summed E-state index contributed by atoms with van der Waals surface area (Å²) in [5.41, 5.74) is 20.9. The maximum Gasteiger partial charge on any atom is 0.143 e. The van der Waals surface area contributed by atoms with Crippen LogP contribution in [-0.4, -0.2) is 0 Å². The first kappa shape index (κ1) is 40.3. The van der Waals surface area contributed by atoms with Gasteiger partial charge in [-0.25, -0.2) is 0 Å². The second-order valence-electron chi connectivity index (χ2n) is 17.9. The Morgan fingerprint density at radius 3 is 1.52 bits per heavy atom. The van der Waals surface area contributed by atoms with Crippen LogP contribution in [0.1, 0.15) is 22.3 Å². The third-order valence-corrected chi connectivity index (χ3v) is 14.2. The molecule has 0 unspecified atom stereocenters. The molecular formula is C67H45NO. The fourth-order valence-corrected chi connectivity index (χ4v) is 11.3. The van der Waals surface area contributed by atoms with Crippen molar-refractivity contribution in [1.82, 2.24) is 0 Å². The minimum Gasteiger partial charge on any atom is -0.455 e. The van der Waals surface area contributed by atoms with Gasteiger partial charge in [0.05, 0.1) is 16.8 Å². The van der Waals surface area contributed by atoms with E-state index < -0.39 is 5.41 Å². The van der Waals surface area contributed by atoms with Crippen LogP contribution in [0.5, 0.6) is 0 Å². The first-order valence-corrected chi connectivity index (χ1v) is 23.8. The van der Waals surface area contributed by atoms with Crippen molar-refractivity contribution >= 4 is 39.0 Å². The van der Waals surface area contributed by atoms with E-state index in [0.717, 1.165) is 77.9 Å². The molecule has 2 heteroatoms. The van der Waals surface area contributed by atoms with Crippen molar-refractivity contribution in [3.8, 4) is 55.6 Å². The van der Waals surface area contributed by atoms with E-state index in [0.29, 0.717) is 0 Å². The first-order valence-electron chi connectivity index (χ1n) is 23.8. The van der Waals surface area contributed by atoms with Crippen molar-refractivity contribution in [2.24, 2.45) is 0 Å². The van der Waals surface area contributed by atoms with Crippen LogP contribution in [0, 0.1) is 0 Å². The van der Waals surface area contributed by atoms with Gasteiger partial charge in [0, 0.05) is 33.2 Å². The highest BCUT2D eigenvalue weighted by Gasteiger charge is 2.46. The van der Waals surface area contributed by atoms with Gasteiger partial charge in [0.1, 0.15) is 11.2 Å². The average Bonchev–Trinajstić information content (AvgIpc) is 3.96. The van der Waals surface area contributed by atoms with Crippen molar-refractivity contribution in [3.63, 3.8) is 0 Å². The number of anilines is 3. The molecule has 1 aromatic heterocycles. The van der Waals surface area contributed by atoms with E-state index >= 15 is 0 Å². The Balaban J connectivity index is 1.14. The molecule has 0 atom stereocenters. The molecule has 0 saturated carbocycles. The summed E-state index contributed by atoms with van der Waals surface area (Å²) >= 11 is 0. The van der Waals surface area contributed by atoms with Crippen LogP contribution >= 0.6 is 0 Å². The lowest BCUT2D eigenvalue weighted by atomic mass is 9.68. The number of rotatable bonds is 9. The number of nitrogens with zero attached hydrogens (tertiary/aromatic N) is 1. The van der Waals surface area contributed by atoms with E-state index in [-0.39, 0.29) is 0 Å². The lowest BCUT2D eigenvalue weighted by molar-refractivity contribution is 0.670. The Hall–Kier alpha value is -8.98. The number of fused-ring (bicyclic) bond motifs is 6. The maximum absolute atomic E-state index is 6.81. The van der Waals surface area contributed by atoms with Gasteiger partial charge >= 0.3 is 0 Å². The molecule has 0 aliphatic heterocycles. The molecule has 13 rings (SSSR count). The van der Waals surface area contributed by atoms with Crippen molar-refractivity contribution in [2.45, 2.75) is 5.41 Å². The summed E-state index contributed by atoms with van der Waals surface area (Å²) in [4.78, 5) is 2.51. The monoisotopic (exact) mass is 879 g/mol. The SMILES string of the molecule is c1ccc(-c2ccccc2-c2c(-c3ccccc3)cccc2N(c2ccc3c(c2)-c2ccccc2C3(c2ccccc2)c2ccccc2)c2ccccc2-c2cccc3c2oc2ccccc23)cc1. The third-order valence-electron chi connectivity index (χ3n) is 14.2. The van der Waals surface area contributed by atoms with E-state index in [1.165, 1.54) is 38.9 Å². The topological polar surface area (TPSA) is 16.4 Å². The molecule has 69 heavy (non-hydrogen) atoms. The largest absolute Gasteiger partial charge is 0.455 e. The summed E-state index contributed by atoms with van der Waals surface area (Å²) < 4.78 is 6.81. The lowest BCUT2D eigenvalue weighted by Crippen LogP contribution is -2.28. The average molecular weight is 880 g/mol. The molecule has 0 N–H and O–H groups in total. The molecule has 11 aromatic carbocycles. The fourth-order valence-electron chi connectivity index (χ4n) is 11.3. The summed E-state index contributed by atoms with van der Waals surface area (Å²) in [5.74, 6) is 0. The molecule has 0 bridgehead atoms. The maximum atomic E-state index is 6.81. The van der Waals surface area contributed by atoms with Gasteiger partial charge in [-0.15, -0.1) is 0 Å². The molecule has 0 radical (unpaired) electrons. The van der Waals surface area contributed by atoms with Gasteiger partial charge < -0.3 is 9.32 Å². The molecule has 0 saturated heterocycles. The van der Waals surface area contributed by atoms with Gasteiger partial charge in [0.15, 0.2) is 0 Å². The Morgan fingerprint density at radius 2 is 0.797 bits per heavy atom. The van der Waals surface area contributed by atoms with Gasteiger partial charge in [0.2, 0.25) is 0 Å². The highest BCUT2D eigenvalue weighted by Crippen LogP contribution is 2.58. The number of furan rings is 1. The van der Waals surface area contributed by atoms with Gasteiger partial charge in [-0.2, -0.15) is 0 Å². The Bertz CT molecular complexity index is 3800. The van der Waals surface area contributed by atoms with Gasteiger partial charge in [-0.1, -0.05) is 243 Å². The zero-order valence-electron chi connectivity index (χ0n) is 37.8. The van der Waals surface area contributed by atoms with E-state index in [4.69, 9.17) is 4.42 Å². The highest BCUT2D eigenvalue weighted by atomic mass is 16.3. The van der Waals surface area contributed by atoms with Crippen LogP contribution < -0.4 is 4.90 Å². The van der Waals surface area contributed by atoms with E-state index in [1.54, 1.807) is 0 Å². The van der Waals surface area contributed by atoms with Crippen molar-refractivity contribution in [2.75, 3.05) is 4.90 Å². The van der Waals surface area contributed by atoms with Crippen molar-refractivity contribution in [1.29, 1.82) is 0 Å². The van der Waals surface area contributed by atoms with Crippen molar-refractivity contribution in [3.05, 3.63) is 295 Å². The molecule has 1 aliphatic rings. The summed E-state index contributed by atoms with van der Waals surface area (Å²) in [7, 11) is 0. The number of hydrogen-bond donors (Lipinski definition) is 0. The summed E-state index contributed by atoms with van der Waals surface area (Å²) in [6, 6.07) is 99.4. The molecule has 12 aromatic rings. The minimum absolute atomic E-state index is 0.528. The van der Waals surface area contributed by atoms with Crippen LogP contribution in [-0.2, 0) is 5.41 Å². The third kappa shape index (κ3) is 6.48. The fraction of sp³-hybridized carbons (Fsp3) is 0.0149. The zero-order valence-corrected chi connectivity index (χ0v) is 37.8. The molecule has 0 amide bonds. The van der Waals surface area contributed by atoms with Crippen molar-refractivity contribution < 1.29 is 4.42 Å². The Labute approximate surface area is 402 Å². The number of hydrogen-bond acceptors (Lipinski definition) is 2. The van der Waals surface area contributed by atoms with Crippen LogP contribution in [0.15, 0.2) is 277 Å². The van der Waals surface area contributed by atoms with Crippen LogP contribution in [0.25, 0.3) is 77.6 Å². The standard InChI is InChI=1S/C67H45NO/c1-5-23-46(24-6-1)51-31-13-14-35-56(51)65-52(47-25-7-2-8-26-47)36-22-41-63(65)68(62-40-19-16-33-54(62)57-37-21-38-58-55-34-17-20-42-64(55)69-66(57)58)50-43-44-61-59(45-50)53-32-15-18-39-60(53)67(61,48-27-9-3-10-28-48)49-29-11-4-12-30-49/h1-45H. The Kier molecular flexibility index (Phi) is 9.77. The predicted octanol–water partition coefficient (Wildman–Crippen LogP) is 18.1. The quantitative estimate of drug-likeness (QED) is 0.144. The number of para-hydroxylation sites is 3. The molecule has 1 heterocycles. The van der Waals surface area contributed by atoms with Crippen LogP contribution in [0.4, 0.5) is 17.1 Å². The van der Waals surface area contributed by atoms with E-state index in [9.17, 15) is 0 Å². The molecule has 0 fully saturated rings. The summed E-state index contributed by atoms with van der Waals surface area (Å²) in [5, 5.41) is 2.21. The smallest absolute Gasteiger partial charge is 0.143 e. The zero-order chi connectivity index (χ0) is 45.7. The van der Waals surface area contributed by atoms with E-state index in [1.807, 2.05) is 6.07 Å². The molecule has 2 nitrogen and oxygen atoms in total. The molecule has 1 aliphatic carbocycles. The van der Waals surface area contributed by atoms with Gasteiger partial charge in [0.25, 0.3) is 0 Å². The van der Waals surface area contributed by atoms with Gasteiger partial charge in [-0.05, 0) is 91.5 Å². The normalized spacial score (nSPS) is 12.5. The second-order valence-corrected chi connectivity index (χ2v) is 17.9. The molecule has 0 spiro atoms. The van der Waals surface area contributed by atoms with Crippen LogP contribution in [0.3, 0.4) is 0 Å². The summed E-state index contributed by atoms with van der Waals surface area (Å²) in [6.07, 6.45) is 0. The lowest BCUT2D eigenvalue weighted by Gasteiger charge is -2.34. The number of benzene rings is 11. The molecular weight excluding hydrogens is 835 g/mol.